The number of hydrogen-bond donors (Lipinski definition) is 0. The molecular formula is C16H23NO3. The fourth-order valence-corrected chi connectivity index (χ4v) is 2.93. The van der Waals surface area contributed by atoms with Gasteiger partial charge in [0.1, 0.15) is 0 Å². The molecule has 1 saturated carbocycles. The SMILES string of the molecule is CCCC1CCC(COC(=O)n2ccccc2=O)CC1. The van der Waals surface area contributed by atoms with E-state index in [0.29, 0.717) is 12.5 Å². The molecule has 1 aliphatic rings. The summed E-state index contributed by atoms with van der Waals surface area (Å²) in [7, 11) is 0. The van der Waals surface area contributed by atoms with Gasteiger partial charge in [-0.25, -0.2) is 9.36 Å². The van der Waals surface area contributed by atoms with Crippen LogP contribution in [0.2, 0.25) is 0 Å². The monoisotopic (exact) mass is 277 g/mol. The number of ether oxygens (including phenoxy) is 1. The molecule has 0 atom stereocenters. The summed E-state index contributed by atoms with van der Waals surface area (Å²) in [5.74, 6) is 1.30. The molecule has 0 spiro atoms. The second-order valence-electron chi connectivity index (χ2n) is 5.66. The van der Waals surface area contributed by atoms with Crippen LogP contribution in [-0.4, -0.2) is 17.3 Å². The molecular weight excluding hydrogens is 254 g/mol. The summed E-state index contributed by atoms with van der Waals surface area (Å²) in [6.45, 7) is 2.66. The summed E-state index contributed by atoms with van der Waals surface area (Å²) in [6.07, 6.45) is 8.17. The van der Waals surface area contributed by atoms with Crippen molar-refractivity contribution < 1.29 is 9.53 Å². The van der Waals surface area contributed by atoms with Gasteiger partial charge in [0.2, 0.25) is 0 Å². The minimum absolute atomic E-state index is 0.343. The Morgan fingerprint density at radius 3 is 2.60 bits per heavy atom. The Morgan fingerprint density at radius 2 is 1.95 bits per heavy atom. The van der Waals surface area contributed by atoms with Crippen molar-refractivity contribution in [3.8, 4) is 0 Å². The summed E-state index contributed by atoms with van der Waals surface area (Å²) in [6, 6.07) is 4.62. The first-order valence-corrected chi connectivity index (χ1v) is 7.55. The molecule has 1 heterocycles. The highest BCUT2D eigenvalue weighted by Gasteiger charge is 2.22. The molecule has 110 valence electrons. The molecule has 1 aliphatic carbocycles. The maximum atomic E-state index is 11.8. The van der Waals surface area contributed by atoms with E-state index in [2.05, 4.69) is 6.92 Å². The van der Waals surface area contributed by atoms with Crippen molar-refractivity contribution in [2.45, 2.75) is 45.4 Å². The van der Waals surface area contributed by atoms with Gasteiger partial charge in [-0.15, -0.1) is 0 Å². The van der Waals surface area contributed by atoms with Crippen molar-refractivity contribution in [1.29, 1.82) is 0 Å². The Bertz CT molecular complexity index is 486. The van der Waals surface area contributed by atoms with Crippen LogP contribution < -0.4 is 5.56 Å². The normalized spacial score (nSPS) is 22.4. The summed E-state index contributed by atoms with van der Waals surface area (Å²) >= 11 is 0. The number of aromatic nitrogens is 1. The molecule has 20 heavy (non-hydrogen) atoms. The van der Waals surface area contributed by atoms with Gasteiger partial charge in [-0.1, -0.05) is 38.7 Å². The van der Waals surface area contributed by atoms with Crippen LogP contribution in [0.5, 0.6) is 0 Å². The van der Waals surface area contributed by atoms with E-state index >= 15 is 0 Å². The maximum absolute atomic E-state index is 11.8. The van der Waals surface area contributed by atoms with E-state index in [-0.39, 0.29) is 5.56 Å². The Hall–Kier alpha value is -1.58. The van der Waals surface area contributed by atoms with E-state index in [4.69, 9.17) is 4.74 Å². The molecule has 0 radical (unpaired) electrons. The molecule has 4 heteroatoms. The van der Waals surface area contributed by atoms with Gasteiger partial charge in [-0.05, 0) is 30.7 Å². The zero-order valence-corrected chi connectivity index (χ0v) is 12.1. The lowest BCUT2D eigenvalue weighted by atomic mass is 9.80. The van der Waals surface area contributed by atoms with Gasteiger partial charge in [0.15, 0.2) is 0 Å². The largest absolute Gasteiger partial charge is 0.449 e. The van der Waals surface area contributed by atoms with E-state index in [1.54, 1.807) is 12.1 Å². The first-order chi connectivity index (χ1) is 9.70. The van der Waals surface area contributed by atoms with Gasteiger partial charge in [-0.2, -0.15) is 0 Å². The Balaban J connectivity index is 1.78. The topological polar surface area (TPSA) is 48.3 Å². The average molecular weight is 277 g/mol. The molecule has 1 aromatic rings. The molecule has 2 rings (SSSR count). The third kappa shape index (κ3) is 3.95. The molecule has 4 nitrogen and oxygen atoms in total. The molecule has 0 N–H and O–H groups in total. The second kappa shape index (κ2) is 7.27. The standard InChI is InChI=1S/C16H23NO3/c1-2-5-13-7-9-14(10-8-13)12-20-16(19)17-11-4-3-6-15(17)18/h3-4,6,11,13-14H,2,5,7-10,12H2,1H3. The quantitative estimate of drug-likeness (QED) is 0.847. The van der Waals surface area contributed by atoms with Gasteiger partial charge < -0.3 is 4.74 Å². The molecule has 0 aromatic carbocycles. The Kier molecular flexibility index (Phi) is 5.39. The summed E-state index contributed by atoms with van der Waals surface area (Å²) in [5, 5.41) is 0. The predicted molar refractivity (Wildman–Crippen MR) is 77.8 cm³/mol. The molecule has 0 bridgehead atoms. The molecule has 1 aromatic heterocycles. The van der Waals surface area contributed by atoms with Crippen LogP contribution in [0.25, 0.3) is 0 Å². The van der Waals surface area contributed by atoms with Crippen LogP contribution in [-0.2, 0) is 4.74 Å². The van der Waals surface area contributed by atoms with Crippen LogP contribution in [0, 0.1) is 11.8 Å². The molecule has 0 amide bonds. The molecule has 0 unspecified atom stereocenters. The zero-order valence-electron chi connectivity index (χ0n) is 12.1. The van der Waals surface area contributed by atoms with Gasteiger partial charge >= 0.3 is 6.09 Å². The van der Waals surface area contributed by atoms with Crippen molar-refractivity contribution in [2.24, 2.45) is 11.8 Å². The third-order valence-electron chi connectivity index (χ3n) is 4.12. The number of hydrogen-bond acceptors (Lipinski definition) is 3. The first-order valence-electron chi connectivity index (χ1n) is 7.55. The number of carbonyl (C=O) groups excluding carboxylic acids is 1. The Morgan fingerprint density at radius 1 is 1.25 bits per heavy atom. The van der Waals surface area contributed by atoms with Crippen molar-refractivity contribution in [3.63, 3.8) is 0 Å². The van der Waals surface area contributed by atoms with Crippen LogP contribution in [0.3, 0.4) is 0 Å². The zero-order chi connectivity index (χ0) is 14.4. The second-order valence-corrected chi connectivity index (χ2v) is 5.66. The minimum Gasteiger partial charge on any atom is -0.449 e. The summed E-state index contributed by atoms with van der Waals surface area (Å²) < 4.78 is 6.28. The summed E-state index contributed by atoms with van der Waals surface area (Å²) in [4.78, 5) is 23.3. The van der Waals surface area contributed by atoms with Crippen molar-refractivity contribution in [2.75, 3.05) is 6.61 Å². The molecule has 0 aliphatic heterocycles. The lowest BCUT2D eigenvalue weighted by Crippen LogP contribution is -2.28. The maximum Gasteiger partial charge on any atom is 0.420 e. The van der Waals surface area contributed by atoms with E-state index in [1.165, 1.54) is 37.9 Å². The van der Waals surface area contributed by atoms with Crippen LogP contribution >= 0.6 is 0 Å². The van der Waals surface area contributed by atoms with Crippen LogP contribution in [0.1, 0.15) is 45.4 Å². The van der Waals surface area contributed by atoms with E-state index < -0.39 is 6.09 Å². The van der Waals surface area contributed by atoms with Crippen molar-refractivity contribution >= 4 is 6.09 Å². The number of rotatable bonds is 4. The van der Waals surface area contributed by atoms with E-state index in [1.807, 2.05) is 0 Å². The number of nitrogens with zero attached hydrogens (tertiary/aromatic N) is 1. The van der Waals surface area contributed by atoms with E-state index in [0.717, 1.165) is 23.3 Å². The lowest BCUT2D eigenvalue weighted by molar-refractivity contribution is 0.108. The fraction of sp³-hybridized carbons (Fsp3) is 0.625. The van der Waals surface area contributed by atoms with Crippen LogP contribution in [0.15, 0.2) is 29.2 Å². The van der Waals surface area contributed by atoms with Gasteiger partial charge in [-0.3, -0.25) is 4.79 Å². The number of pyridine rings is 1. The van der Waals surface area contributed by atoms with Crippen molar-refractivity contribution in [3.05, 3.63) is 34.7 Å². The van der Waals surface area contributed by atoms with Crippen molar-refractivity contribution in [1.82, 2.24) is 4.57 Å². The minimum atomic E-state index is -0.564. The lowest BCUT2D eigenvalue weighted by Gasteiger charge is -2.27. The van der Waals surface area contributed by atoms with Gasteiger partial charge in [0, 0.05) is 12.3 Å². The average Bonchev–Trinajstić information content (AvgIpc) is 2.47. The third-order valence-corrected chi connectivity index (χ3v) is 4.12. The highest BCUT2D eigenvalue weighted by molar-refractivity contribution is 5.70. The highest BCUT2D eigenvalue weighted by Crippen LogP contribution is 2.31. The van der Waals surface area contributed by atoms with Crippen LogP contribution in [0.4, 0.5) is 4.79 Å². The number of carbonyl (C=O) groups is 1. The predicted octanol–water partition coefficient (Wildman–Crippen LogP) is 3.44. The van der Waals surface area contributed by atoms with E-state index in [9.17, 15) is 9.59 Å². The molecule has 1 fully saturated rings. The Labute approximate surface area is 119 Å². The van der Waals surface area contributed by atoms with Gasteiger partial charge in [0.25, 0.3) is 5.56 Å². The first kappa shape index (κ1) is 14.8. The highest BCUT2D eigenvalue weighted by atomic mass is 16.5. The van der Waals surface area contributed by atoms with Gasteiger partial charge in [0.05, 0.1) is 6.61 Å². The molecule has 0 saturated heterocycles. The summed E-state index contributed by atoms with van der Waals surface area (Å²) in [5.41, 5.74) is -0.343. The smallest absolute Gasteiger partial charge is 0.420 e. The fourth-order valence-electron chi connectivity index (χ4n) is 2.93.